The Hall–Kier alpha value is -1.62. The van der Waals surface area contributed by atoms with Crippen LogP contribution in [0.1, 0.15) is 32.9 Å². The standard InChI is InChI=1S/C14H23N5/c1-10-9-11-13(16-7-8-19(11)18-10)17-12(5-6-15)14(2,3)4/h7-9,12H,5-6,15H2,1-4H3,(H,16,17). The molecule has 0 spiro atoms. The SMILES string of the molecule is Cc1cc2c(NC(CCN)C(C)(C)C)nccn2n1. The fraction of sp³-hybridized carbons (Fsp3) is 0.571. The molecular weight excluding hydrogens is 238 g/mol. The smallest absolute Gasteiger partial charge is 0.152 e. The fourth-order valence-electron chi connectivity index (χ4n) is 2.21. The van der Waals surface area contributed by atoms with Crippen LogP contribution in [0.4, 0.5) is 5.82 Å². The molecule has 0 aliphatic rings. The third kappa shape index (κ3) is 3.04. The molecule has 0 saturated carbocycles. The highest BCUT2D eigenvalue weighted by atomic mass is 15.2. The fourth-order valence-corrected chi connectivity index (χ4v) is 2.21. The second kappa shape index (κ2) is 5.17. The number of nitrogens with one attached hydrogen (secondary N) is 1. The van der Waals surface area contributed by atoms with Crippen LogP contribution in [-0.4, -0.2) is 27.2 Å². The van der Waals surface area contributed by atoms with Crippen molar-refractivity contribution in [2.45, 2.75) is 40.2 Å². The molecule has 0 radical (unpaired) electrons. The van der Waals surface area contributed by atoms with E-state index >= 15 is 0 Å². The van der Waals surface area contributed by atoms with Crippen LogP contribution in [-0.2, 0) is 0 Å². The first-order chi connectivity index (χ1) is 8.91. The average molecular weight is 261 g/mol. The lowest BCUT2D eigenvalue weighted by atomic mass is 9.85. The summed E-state index contributed by atoms with van der Waals surface area (Å²) in [6.45, 7) is 9.28. The Morgan fingerprint density at radius 1 is 1.42 bits per heavy atom. The number of nitrogens with zero attached hydrogens (tertiary/aromatic N) is 3. The van der Waals surface area contributed by atoms with Crippen molar-refractivity contribution in [3.05, 3.63) is 24.2 Å². The first-order valence-electron chi connectivity index (χ1n) is 6.69. The molecule has 0 aromatic carbocycles. The molecule has 0 saturated heterocycles. The van der Waals surface area contributed by atoms with Crippen molar-refractivity contribution in [2.75, 3.05) is 11.9 Å². The van der Waals surface area contributed by atoms with E-state index in [1.165, 1.54) is 0 Å². The summed E-state index contributed by atoms with van der Waals surface area (Å²) in [5, 5.41) is 7.93. The quantitative estimate of drug-likeness (QED) is 0.885. The number of hydrogen-bond acceptors (Lipinski definition) is 4. The van der Waals surface area contributed by atoms with Crippen molar-refractivity contribution in [3.63, 3.8) is 0 Å². The van der Waals surface area contributed by atoms with Crippen LogP contribution in [0, 0.1) is 12.3 Å². The van der Waals surface area contributed by atoms with E-state index in [0.717, 1.165) is 23.4 Å². The van der Waals surface area contributed by atoms with Gasteiger partial charge >= 0.3 is 0 Å². The van der Waals surface area contributed by atoms with Gasteiger partial charge in [-0.1, -0.05) is 20.8 Å². The molecule has 5 nitrogen and oxygen atoms in total. The van der Waals surface area contributed by atoms with Crippen molar-refractivity contribution in [2.24, 2.45) is 11.1 Å². The summed E-state index contributed by atoms with van der Waals surface area (Å²) in [5.74, 6) is 0.872. The number of hydrogen-bond donors (Lipinski definition) is 2. The average Bonchev–Trinajstić information content (AvgIpc) is 2.68. The van der Waals surface area contributed by atoms with E-state index in [1.807, 2.05) is 23.7 Å². The molecule has 2 aromatic heterocycles. The first-order valence-corrected chi connectivity index (χ1v) is 6.69. The summed E-state index contributed by atoms with van der Waals surface area (Å²) in [6.07, 6.45) is 4.55. The molecule has 0 fully saturated rings. The number of nitrogens with two attached hydrogens (primary N) is 1. The third-order valence-corrected chi connectivity index (χ3v) is 3.32. The van der Waals surface area contributed by atoms with E-state index in [4.69, 9.17) is 5.73 Å². The zero-order valence-electron chi connectivity index (χ0n) is 12.1. The summed E-state index contributed by atoms with van der Waals surface area (Å²) in [7, 11) is 0. The highest BCUT2D eigenvalue weighted by Gasteiger charge is 2.24. The molecule has 3 N–H and O–H groups in total. The van der Waals surface area contributed by atoms with Crippen molar-refractivity contribution >= 4 is 11.3 Å². The summed E-state index contributed by atoms with van der Waals surface area (Å²) in [6, 6.07) is 2.32. The van der Waals surface area contributed by atoms with Gasteiger partial charge in [-0.3, -0.25) is 0 Å². The molecular formula is C14H23N5. The maximum Gasteiger partial charge on any atom is 0.152 e. The van der Waals surface area contributed by atoms with Crippen LogP contribution in [0.2, 0.25) is 0 Å². The number of aryl methyl sites for hydroxylation is 1. The van der Waals surface area contributed by atoms with Crippen LogP contribution < -0.4 is 11.1 Å². The predicted molar refractivity (Wildman–Crippen MR) is 78.3 cm³/mol. The summed E-state index contributed by atoms with van der Waals surface area (Å²) < 4.78 is 1.85. The van der Waals surface area contributed by atoms with Crippen molar-refractivity contribution in [3.8, 4) is 0 Å². The Bertz CT molecular complexity index is 552. The zero-order chi connectivity index (χ0) is 14.0. The molecule has 1 atom stereocenters. The maximum absolute atomic E-state index is 5.72. The minimum atomic E-state index is 0.128. The lowest BCUT2D eigenvalue weighted by Gasteiger charge is -2.31. The van der Waals surface area contributed by atoms with Crippen molar-refractivity contribution in [1.29, 1.82) is 0 Å². The molecule has 2 rings (SSSR count). The van der Waals surface area contributed by atoms with Crippen molar-refractivity contribution < 1.29 is 0 Å². The second-order valence-electron chi connectivity index (χ2n) is 6.03. The Balaban J connectivity index is 2.33. The van der Waals surface area contributed by atoms with Gasteiger partial charge in [0.05, 0.1) is 5.69 Å². The monoisotopic (exact) mass is 261 g/mol. The van der Waals surface area contributed by atoms with E-state index in [1.54, 1.807) is 6.20 Å². The molecule has 0 amide bonds. The number of rotatable bonds is 4. The van der Waals surface area contributed by atoms with E-state index in [-0.39, 0.29) is 11.5 Å². The van der Waals surface area contributed by atoms with Gasteiger partial charge in [0, 0.05) is 18.4 Å². The van der Waals surface area contributed by atoms with Crippen LogP contribution in [0.3, 0.4) is 0 Å². The van der Waals surface area contributed by atoms with Gasteiger partial charge in [-0.15, -0.1) is 0 Å². The molecule has 2 aromatic rings. The van der Waals surface area contributed by atoms with E-state index in [0.29, 0.717) is 6.54 Å². The van der Waals surface area contributed by atoms with Gasteiger partial charge in [0.15, 0.2) is 5.82 Å². The van der Waals surface area contributed by atoms with E-state index in [2.05, 4.69) is 36.2 Å². The minimum Gasteiger partial charge on any atom is -0.365 e. The molecule has 0 aliphatic heterocycles. The van der Waals surface area contributed by atoms with E-state index < -0.39 is 0 Å². The Kier molecular flexibility index (Phi) is 3.75. The first kappa shape index (κ1) is 13.8. The minimum absolute atomic E-state index is 0.128. The largest absolute Gasteiger partial charge is 0.365 e. The molecule has 104 valence electrons. The summed E-state index contributed by atoms with van der Waals surface area (Å²) >= 11 is 0. The lowest BCUT2D eigenvalue weighted by Crippen LogP contribution is -2.36. The molecule has 5 heteroatoms. The Morgan fingerprint density at radius 2 is 2.16 bits per heavy atom. The van der Waals surface area contributed by atoms with Crippen molar-refractivity contribution in [1.82, 2.24) is 14.6 Å². The van der Waals surface area contributed by atoms with Crippen LogP contribution in [0.15, 0.2) is 18.5 Å². The highest BCUT2D eigenvalue weighted by molar-refractivity contribution is 5.68. The highest BCUT2D eigenvalue weighted by Crippen LogP contribution is 2.26. The number of aromatic nitrogens is 3. The van der Waals surface area contributed by atoms with Gasteiger partial charge in [0.25, 0.3) is 0 Å². The predicted octanol–water partition coefficient (Wildman–Crippen LogP) is 2.21. The molecule has 2 heterocycles. The van der Waals surface area contributed by atoms with Gasteiger partial charge in [-0.2, -0.15) is 5.10 Å². The van der Waals surface area contributed by atoms with Crippen LogP contribution >= 0.6 is 0 Å². The van der Waals surface area contributed by atoms with Gasteiger partial charge in [-0.25, -0.2) is 9.50 Å². The van der Waals surface area contributed by atoms with Crippen LogP contribution in [0.25, 0.3) is 5.52 Å². The number of fused-ring (bicyclic) bond motifs is 1. The summed E-state index contributed by atoms with van der Waals surface area (Å²) in [5.41, 5.74) is 7.84. The maximum atomic E-state index is 5.72. The van der Waals surface area contributed by atoms with Gasteiger partial charge in [0.2, 0.25) is 0 Å². The molecule has 1 unspecified atom stereocenters. The van der Waals surface area contributed by atoms with Gasteiger partial charge < -0.3 is 11.1 Å². The second-order valence-corrected chi connectivity index (χ2v) is 6.03. The Morgan fingerprint density at radius 3 is 2.79 bits per heavy atom. The zero-order valence-corrected chi connectivity index (χ0v) is 12.1. The van der Waals surface area contributed by atoms with Crippen LogP contribution in [0.5, 0.6) is 0 Å². The topological polar surface area (TPSA) is 68.2 Å². The number of anilines is 1. The van der Waals surface area contributed by atoms with E-state index in [9.17, 15) is 0 Å². The lowest BCUT2D eigenvalue weighted by molar-refractivity contribution is 0.328. The third-order valence-electron chi connectivity index (χ3n) is 3.32. The molecule has 19 heavy (non-hydrogen) atoms. The summed E-state index contributed by atoms with van der Waals surface area (Å²) in [4.78, 5) is 4.44. The molecule has 0 aliphatic carbocycles. The van der Waals surface area contributed by atoms with Gasteiger partial charge in [-0.05, 0) is 31.4 Å². The normalized spacial score (nSPS) is 13.7. The molecule has 0 bridgehead atoms. The van der Waals surface area contributed by atoms with Gasteiger partial charge in [0.1, 0.15) is 5.52 Å². The Labute approximate surface area is 114 Å².